The maximum atomic E-state index is 11.5. The van der Waals surface area contributed by atoms with Crippen LogP contribution in [0.15, 0.2) is 0 Å². The van der Waals surface area contributed by atoms with Crippen molar-refractivity contribution in [1.29, 1.82) is 0 Å². The van der Waals surface area contributed by atoms with E-state index in [1.54, 1.807) is 0 Å². The van der Waals surface area contributed by atoms with Gasteiger partial charge in [0.05, 0.1) is 5.16 Å². The first-order chi connectivity index (χ1) is 5.70. The number of rotatable bonds is 4. The van der Waals surface area contributed by atoms with Crippen LogP contribution in [0.3, 0.4) is 0 Å². The Labute approximate surface area is 80.7 Å². The average Bonchev–Trinajstić information content (AvgIpc) is 1.83. The van der Waals surface area contributed by atoms with Crippen molar-refractivity contribution in [1.82, 2.24) is 0 Å². The van der Waals surface area contributed by atoms with Crippen LogP contribution in [0.1, 0.15) is 41.0 Å². The first-order valence-electron chi connectivity index (χ1n) is 4.75. The van der Waals surface area contributed by atoms with Gasteiger partial charge in [-0.15, -0.1) is 0 Å². The summed E-state index contributed by atoms with van der Waals surface area (Å²) in [5.41, 5.74) is 0. The molecule has 0 aliphatic rings. The van der Waals surface area contributed by atoms with Crippen molar-refractivity contribution >= 4 is 7.60 Å². The Morgan fingerprint density at radius 1 is 1.15 bits per heavy atom. The van der Waals surface area contributed by atoms with Gasteiger partial charge in [-0.1, -0.05) is 34.6 Å². The van der Waals surface area contributed by atoms with Crippen LogP contribution >= 0.6 is 7.60 Å². The first kappa shape index (κ1) is 13.2. The highest BCUT2D eigenvalue weighted by Crippen LogP contribution is 2.60. The molecule has 0 aromatic rings. The molecule has 0 aliphatic carbocycles. The van der Waals surface area contributed by atoms with Gasteiger partial charge in [0.1, 0.15) is 0 Å². The van der Waals surface area contributed by atoms with Crippen molar-refractivity contribution in [3.8, 4) is 0 Å². The van der Waals surface area contributed by atoms with E-state index in [0.717, 1.165) is 0 Å². The molecule has 3 nitrogen and oxygen atoms in total. The Hall–Kier alpha value is 0.150. The normalized spacial score (nSPS) is 14.2. The zero-order valence-corrected chi connectivity index (χ0v) is 10.0. The molecule has 0 rings (SSSR count). The molecule has 0 amide bonds. The van der Waals surface area contributed by atoms with E-state index in [4.69, 9.17) is 0 Å². The third kappa shape index (κ3) is 2.15. The van der Waals surface area contributed by atoms with E-state index in [1.165, 1.54) is 0 Å². The summed E-state index contributed by atoms with van der Waals surface area (Å²) < 4.78 is 11.5. The van der Waals surface area contributed by atoms with Crippen LogP contribution in [0.25, 0.3) is 0 Å². The lowest BCUT2D eigenvalue weighted by atomic mass is 9.82. The van der Waals surface area contributed by atoms with Gasteiger partial charge in [0.2, 0.25) is 0 Å². The molecule has 0 saturated heterocycles. The van der Waals surface area contributed by atoms with Crippen molar-refractivity contribution in [3.63, 3.8) is 0 Å². The van der Waals surface area contributed by atoms with Gasteiger partial charge >= 0.3 is 7.60 Å². The second-order valence-corrected chi connectivity index (χ2v) is 6.12. The molecule has 0 atom stereocenters. The Balaban J connectivity index is 5.25. The third-order valence-electron chi connectivity index (χ3n) is 3.11. The summed E-state index contributed by atoms with van der Waals surface area (Å²) in [6, 6.07) is 0. The molecule has 0 aliphatic heterocycles. The van der Waals surface area contributed by atoms with Gasteiger partial charge in [-0.25, -0.2) is 0 Å². The predicted octanol–water partition coefficient (Wildman–Crippen LogP) is 2.62. The fourth-order valence-electron chi connectivity index (χ4n) is 2.36. The Bertz CT molecular complexity index is 197. The van der Waals surface area contributed by atoms with E-state index in [2.05, 4.69) is 0 Å². The maximum absolute atomic E-state index is 11.5. The lowest BCUT2D eigenvalue weighted by Gasteiger charge is -2.40. The molecule has 0 saturated carbocycles. The Morgan fingerprint density at radius 2 is 1.46 bits per heavy atom. The highest BCUT2D eigenvalue weighted by molar-refractivity contribution is 7.53. The molecule has 0 bridgehead atoms. The summed E-state index contributed by atoms with van der Waals surface area (Å²) in [4.78, 5) is 18.8. The summed E-state index contributed by atoms with van der Waals surface area (Å²) in [5, 5.41) is -0.854. The van der Waals surface area contributed by atoms with Gasteiger partial charge in [-0.2, -0.15) is 0 Å². The molecule has 2 N–H and O–H groups in total. The SMILES string of the molecule is CCC(C(C)C)(C(C)C)P(=O)(O)O. The summed E-state index contributed by atoms with van der Waals surface area (Å²) in [6.45, 7) is 9.36. The van der Waals surface area contributed by atoms with Gasteiger partial charge in [0.15, 0.2) is 0 Å². The second-order valence-electron chi connectivity index (χ2n) is 4.20. The molecule has 4 heteroatoms. The minimum absolute atomic E-state index is 0.00154. The molecule has 80 valence electrons. The molecular weight excluding hydrogens is 187 g/mol. The third-order valence-corrected chi connectivity index (χ3v) is 5.54. The van der Waals surface area contributed by atoms with Crippen LogP contribution in [0.2, 0.25) is 0 Å². The minimum atomic E-state index is -4.02. The van der Waals surface area contributed by atoms with Gasteiger partial charge in [0.25, 0.3) is 0 Å². The molecule has 0 aromatic heterocycles. The number of hydrogen-bond acceptors (Lipinski definition) is 1. The fourth-order valence-corrected chi connectivity index (χ4v) is 4.12. The molecule has 0 aromatic carbocycles. The standard InChI is InChI=1S/C9H21O3P/c1-6-9(7(2)3,8(4)5)13(10,11)12/h7-8H,6H2,1-5H3,(H2,10,11,12). The van der Waals surface area contributed by atoms with E-state index >= 15 is 0 Å². The Kier molecular flexibility index (Phi) is 4.17. The van der Waals surface area contributed by atoms with Crippen molar-refractivity contribution in [2.75, 3.05) is 0 Å². The van der Waals surface area contributed by atoms with E-state index < -0.39 is 12.8 Å². The molecule has 0 spiro atoms. The monoisotopic (exact) mass is 208 g/mol. The van der Waals surface area contributed by atoms with E-state index in [9.17, 15) is 14.4 Å². The van der Waals surface area contributed by atoms with Crippen LogP contribution in [-0.4, -0.2) is 14.9 Å². The van der Waals surface area contributed by atoms with Crippen molar-refractivity contribution in [2.45, 2.75) is 46.2 Å². The Morgan fingerprint density at radius 3 is 1.46 bits per heavy atom. The zero-order chi connectivity index (χ0) is 10.9. The van der Waals surface area contributed by atoms with E-state index in [-0.39, 0.29) is 11.8 Å². The van der Waals surface area contributed by atoms with Gasteiger partial charge < -0.3 is 9.79 Å². The molecule has 0 fully saturated rings. The first-order valence-corrected chi connectivity index (χ1v) is 6.37. The van der Waals surface area contributed by atoms with Crippen molar-refractivity contribution < 1.29 is 14.4 Å². The van der Waals surface area contributed by atoms with Gasteiger partial charge in [-0.3, -0.25) is 4.57 Å². The molecule has 0 heterocycles. The van der Waals surface area contributed by atoms with Crippen LogP contribution in [0.5, 0.6) is 0 Å². The van der Waals surface area contributed by atoms with Crippen molar-refractivity contribution in [2.24, 2.45) is 11.8 Å². The maximum Gasteiger partial charge on any atom is 0.332 e. The fraction of sp³-hybridized carbons (Fsp3) is 1.00. The van der Waals surface area contributed by atoms with E-state index in [0.29, 0.717) is 6.42 Å². The summed E-state index contributed by atoms with van der Waals surface area (Å²) >= 11 is 0. The lowest BCUT2D eigenvalue weighted by Crippen LogP contribution is -2.39. The zero-order valence-electron chi connectivity index (χ0n) is 9.11. The van der Waals surface area contributed by atoms with Gasteiger partial charge in [0, 0.05) is 0 Å². The van der Waals surface area contributed by atoms with Gasteiger partial charge in [-0.05, 0) is 18.3 Å². The smallest absolute Gasteiger partial charge is 0.324 e. The topological polar surface area (TPSA) is 57.5 Å². The number of hydrogen-bond donors (Lipinski definition) is 2. The van der Waals surface area contributed by atoms with Crippen LogP contribution in [0, 0.1) is 11.8 Å². The van der Waals surface area contributed by atoms with Crippen LogP contribution in [0.4, 0.5) is 0 Å². The molecule has 0 radical (unpaired) electrons. The van der Waals surface area contributed by atoms with Crippen LogP contribution in [-0.2, 0) is 4.57 Å². The highest BCUT2D eigenvalue weighted by Gasteiger charge is 2.49. The largest absolute Gasteiger partial charge is 0.332 e. The summed E-state index contributed by atoms with van der Waals surface area (Å²) in [7, 11) is -4.02. The highest BCUT2D eigenvalue weighted by atomic mass is 31.2. The lowest BCUT2D eigenvalue weighted by molar-refractivity contribution is 0.231. The quantitative estimate of drug-likeness (QED) is 0.698. The second kappa shape index (κ2) is 4.12. The predicted molar refractivity (Wildman–Crippen MR) is 54.7 cm³/mol. The average molecular weight is 208 g/mol. The molecular formula is C9H21O3P. The van der Waals surface area contributed by atoms with Crippen LogP contribution < -0.4 is 0 Å². The summed E-state index contributed by atoms with van der Waals surface area (Å²) in [6.07, 6.45) is 0.520. The van der Waals surface area contributed by atoms with Crippen molar-refractivity contribution in [3.05, 3.63) is 0 Å². The molecule has 0 unspecified atom stereocenters. The molecule has 13 heavy (non-hydrogen) atoms. The summed E-state index contributed by atoms with van der Waals surface area (Å²) in [5.74, 6) is -0.00309. The minimum Gasteiger partial charge on any atom is -0.324 e. The van der Waals surface area contributed by atoms with E-state index in [1.807, 2.05) is 34.6 Å².